The van der Waals surface area contributed by atoms with Gasteiger partial charge in [0.05, 0.1) is 16.9 Å². The van der Waals surface area contributed by atoms with E-state index in [0.29, 0.717) is 25.1 Å². The Labute approximate surface area is 177 Å². The summed E-state index contributed by atoms with van der Waals surface area (Å²) in [5.41, 5.74) is 1.54. The SMILES string of the molecule is CC(=O)Nc1ccc(S(=O)(=O)N2CCC[C@@H](C(=O)N[C@@H](C)c3ccccc3)C2)cc1. The highest BCUT2D eigenvalue weighted by atomic mass is 32.2. The molecule has 1 heterocycles. The Morgan fingerprint density at radius 2 is 1.73 bits per heavy atom. The van der Waals surface area contributed by atoms with Crippen LogP contribution < -0.4 is 10.6 Å². The van der Waals surface area contributed by atoms with Gasteiger partial charge in [-0.05, 0) is 49.6 Å². The summed E-state index contributed by atoms with van der Waals surface area (Å²) in [6.45, 7) is 3.85. The van der Waals surface area contributed by atoms with Gasteiger partial charge in [-0.1, -0.05) is 30.3 Å². The van der Waals surface area contributed by atoms with Gasteiger partial charge in [0.25, 0.3) is 0 Å². The van der Waals surface area contributed by atoms with Gasteiger partial charge < -0.3 is 10.6 Å². The van der Waals surface area contributed by atoms with E-state index in [1.54, 1.807) is 12.1 Å². The van der Waals surface area contributed by atoms with Crippen molar-refractivity contribution in [3.05, 3.63) is 60.2 Å². The second-order valence-corrected chi connectivity index (χ2v) is 9.49. The number of carbonyl (C=O) groups excluding carboxylic acids is 2. The second kappa shape index (κ2) is 9.40. The topological polar surface area (TPSA) is 95.6 Å². The molecule has 2 amide bonds. The fourth-order valence-electron chi connectivity index (χ4n) is 3.59. The minimum absolute atomic E-state index is 0.132. The quantitative estimate of drug-likeness (QED) is 0.738. The van der Waals surface area contributed by atoms with Crippen LogP contribution in [0.3, 0.4) is 0 Å². The van der Waals surface area contributed by atoms with Gasteiger partial charge in [0, 0.05) is 25.7 Å². The van der Waals surface area contributed by atoms with Crippen molar-refractivity contribution in [2.45, 2.75) is 37.6 Å². The van der Waals surface area contributed by atoms with Crippen molar-refractivity contribution in [3.8, 4) is 0 Å². The highest BCUT2D eigenvalue weighted by molar-refractivity contribution is 7.89. The molecule has 1 saturated heterocycles. The van der Waals surface area contributed by atoms with E-state index in [1.807, 2.05) is 37.3 Å². The van der Waals surface area contributed by atoms with Crippen molar-refractivity contribution >= 4 is 27.5 Å². The van der Waals surface area contributed by atoms with Gasteiger partial charge in [0.15, 0.2) is 0 Å². The molecule has 0 spiro atoms. The first-order chi connectivity index (χ1) is 14.3. The third kappa shape index (κ3) is 5.25. The lowest BCUT2D eigenvalue weighted by atomic mass is 9.98. The van der Waals surface area contributed by atoms with Crippen LogP contribution in [0, 0.1) is 5.92 Å². The van der Waals surface area contributed by atoms with Crippen LogP contribution in [0.2, 0.25) is 0 Å². The molecule has 0 aliphatic carbocycles. The van der Waals surface area contributed by atoms with Crippen molar-refractivity contribution < 1.29 is 18.0 Å². The zero-order chi connectivity index (χ0) is 21.7. The lowest BCUT2D eigenvalue weighted by molar-refractivity contribution is -0.126. The minimum atomic E-state index is -3.71. The molecule has 1 aliphatic rings. The number of piperidine rings is 1. The number of amides is 2. The van der Waals surface area contributed by atoms with Gasteiger partial charge in [-0.2, -0.15) is 4.31 Å². The van der Waals surface area contributed by atoms with E-state index in [4.69, 9.17) is 0 Å². The fraction of sp³-hybridized carbons (Fsp3) is 0.364. The highest BCUT2D eigenvalue weighted by Crippen LogP contribution is 2.25. The van der Waals surface area contributed by atoms with Crippen LogP contribution in [0.25, 0.3) is 0 Å². The van der Waals surface area contributed by atoms with Crippen molar-refractivity contribution in [2.24, 2.45) is 5.92 Å². The Bertz CT molecular complexity index is 991. The Hall–Kier alpha value is -2.71. The molecule has 0 unspecified atom stereocenters. The van der Waals surface area contributed by atoms with Crippen LogP contribution in [0.15, 0.2) is 59.5 Å². The molecule has 1 aliphatic heterocycles. The molecule has 1 fully saturated rings. The monoisotopic (exact) mass is 429 g/mol. The lowest BCUT2D eigenvalue weighted by Gasteiger charge is -2.32. The van der Waals surface area contributed by atoms with Gasteiger partial charge in [0.1, 0.15) is 0 Å². The molecule has 2 atom stereocenters. The molecule has 2 aromatic carbocycles. The molecule has 2 N–H and O–H groups in total. The first-order valence-corrected chi connectivity index (χ1v) is 11.4. The molecular weight excluding hydrogens is 402 g/mol. The number of anilines is 1. The number of rotatable bonds is 6. The first-order valence-electron chi connectivity index (χ1n) is 10.0. The first kappa shape index (κ1) is 22.0. The summed E-state index contributed by atoms with van der Waals surface area (Å²) >= 11 is 0. The molecule has 0 aromatic heterocycles. The minimum Gasteiger partial charge on any atom is -0.349 e. The molecule has 3 rings (SSSR count). The third-order valence-electron chi connectivity index (χ3n) is 5.23. The van der Waals surface area contributed by atoms with Gasteiger partial charge in [-0.15, -0.1) is 0 Å². The summed E-state index contributed by atoms with van der Waals surface area (Å²) in [6, 6.07) is 15.6. The summed E-state index contributed by atoms with van der Waals surface area (Å²) < 4.78 is 27.5. The van der Waals surface area contributed by atoms with E-state index in [2.05, 4.69) is 10.6 Å². The van der Waals surface area contributed by atoms with Gasteiger partial charge >= 0.3 is 0 Å². The number of nitrogens with zero attached hydrogens (tertiary/aromatic N) is 1. The van der Waals surface area contributed by atoms with Crippen molar-refractivity contribution in [3.63, 3.8) is 0 Å². The van der Waals surface area contributed by atoms with Gasteiger partial charge in [-0.3, -0.25) is 9.59 Å². The highest BCUT2D eigenvalue weighted by Gasteiger charge is 2.33. The van der Waals surface area contributed by atoms with Crippen LogP contribution in [-0.2, 0) is 19.6 Å². The maximum absolute atomic E-state index is 13.0. The van der Waals surface area contributed by atoms with Gasteiger partial charge in [-0.25, -0.2) is 8.42 Å². The summed E-state index contributed by atoms with van der Waals surface area (Å²) in [5.74, 6) is -0.745. The predicted molar refractivity (Wildman–Crippen MR) is 115 cm³/mol. The van der Waals surface area contributed by atoms with Crippen LogP contribution in [0.5, 0.6) is 0 Å². The number of hydrogen-bond donors (Lipinski definition) is 2. The molecule has 0 radical (unpaired) electrons. The van der Waals surface area contributed by atoms with E-state index in [0.717, 1.165) is 5.56 Å². The molecule has 160 valence electrons. The fourth-order valence-corrected chi connectivity index (χ4v) is 5.12. The molecule has 7 nitrogen and oxygen atoms in total. The number of benzene rings is 2. The van der Waals surface area contributed by atoms with Crippen molar-refractivity contribution in [1.82, 2.24) is 9.62 Å². The van der Waals surface area contributed by atoms with E-state index in [9.17, 15) is 18.0 Å². The van der Waals surface area contributed by atoms with Crippen LogP contribution >= 0.6 is 0 Å². The lowest BCUT2D eigenvalue weighted by Crippen LogP contribution is -2.45. The summed E-state index contributed by atoms with van der Waals surface area (Å²) in [4.78, 5) is 24.0. The van der Waals surface area contributed by atoms with Crippen molar-refractivity contribution in [1.29, 1.82) is 0 Å². The Kier molecular flexibility index (Phi) is 6.89. The molecular formula is C22H27N3O4S. The number of nitrogens with one attached hydrogen (secondary N) is 2. The Balaban J connectivity index is 1.67. The average Bonchev–Trinajstić information content (AvgIpc) is 2.74. The molecule has 0 bridgehead atoms. The summed E-state index contributed by atoms with van der Waals surface area (Å²) in [6.07, 6.45) is 1.28. The van der Waals surface area contributed by atoms with Crippen LogP contribution in [0.1, 0.15) is 38.3 Å². The van der Waals surface area contributed by atoms with E-state index in [-0.39, 0.29) is 29.3 Å². The average molecular weight is 430 g/mol. The normalized spacial score (nSPS) is 18.4. The van der Waals surface area contributed by atoms with E-state index in [1.165, 1.54) is 23.4 Å². The molecule has 2 aromatic rings. The summed E-state index contributed by atoms with van der Waals surface area (Å²) in [5, 5.41) is 5.62. The zero-order valence-corrected chi connectivity index (χ0v) is 18.0. The smallest absolute Gasteiger partial charge is 0.243 e. The third-order valence-corrected chi connectivity index (χ3v) is 7.11. The molecule has 8 heteroatoms. The van der Waals surface area contributed by atoms with Crippen molar-refractivity contribution in [2.75, 3.05) is 18.4 Å². The standard InChI is InChI=1S/C22H27N3O4S/c1-16(18-7-4-3-5-8-18)23-22(27)19-9-6-14-25(15-19)30(28,29)21-12-10-20(11-13-21)24-17(2)26/h3-5,7-8,10-13,16,19H,6,9,14-15H2,1-2H3,(H,23,27)(H,24,26)/t16-,19+/m0/s1. The number of hydrogen-bond acceptors (Lipinski definition) is 4. The number of carbonyl (C=O) groups is 2. The largest absolute Gasteiger partial charge is 0.349 e. The zero-order valence-electron chi connectivity index (χ0n) is 17.2. The Morgan fingerprint density at radius 3 is 2.37 bits per heavy atom. The summed E-state index contributed by atoms with van der Waals surface area (Å²) in [7, 11) is -3.71. The molecule has 0 saturated carbocycles. The molecule has 30 heavy (non-hydrogen) atoms. The van der Waals surface area contributed by atoms with Gasteiger partial charge in [0.2, 0.25) is 21.8 Å². The maximum atomic E-state index is 13.0. The second-order valence-electron chi connectivity index (χ2n) is 7.55. The number of sulfonamides is 1. The Morgan fingerprint density at radius 1 is 1.07 bits per heavy atom. The van der Waals surface area contributed by atoms with E-state index >= 15 is 0 Å². The maximum Gasteiger partial charge on any atom is 0.243 e. The van der Waals surface area contributed by atoms with Crippen LogP contribution in [-0.4, -0.2) is 37.6 Å². The predicted octanol–water partition coefficient (Wildman–Crippen LogP) is 2.92. The van der Waals surface area contributed by atoms with E-state index < -0.39 is 15.9 Å². The van der Waals surface area contributed by atoms with Crippen LogP contribution in [0.4, 0.5) is 5.69 Å².